The van der Waals surface area contributed by atoms with E-state index >= 15 is 0 Å². The van der Waals surface area contributed by atoms with Gasteiger partial charge in [0.15, 0.2) is 0 Å². The van der Waals surface area contributed by atoms with Crippen LogP contribution in [-0.2, 0) is 9.53 Å². The summed E-state index contributed by atoms with van der Waals surface area (Å²) in [5, 5.41) is 10.5. The Morgan fingerprint density at radius 3 is 2.37 bits per heavy atom. The second kappa shape index (κ2) is 10.6. The van der Waals surface area contributed by atoms with Gasteiger partial charge in [-0.2, -0.15) is 0 Å². The van der Waals surface area contributed by atoms with Gasteiger partial charge in [-0.3, -0.25) is 14.4 Å². The summed E-state index contributed by atoms with van der Waals surface area (Å²) < 4.78 is 4.48. The maximum Gasteiger partial charge on any atom is 0.325 e. The highest BCUT2D eigenvalue weighted by molar-refractivity contribution is 6.10. The number of carbonyl (C=O) groups is 4. The van der Waals surface area contributed by atoms with Crippen LogP contribution in [0.5, 0.6) is 0 Å². The lowest BCUT2D eigenvalue weighted by atomic mass is 10.1. The number of urea groups is 1. The quantitative estimate of drug-likeness (QED) is 0.520. The molecule has 2 aromatic rings. The molecule has 0 atom stereocenters. The lowest BCUT2D eigenvalue weighted by molar-refractivity contribution is -0.139. The number of rotatable bonds is 7. The lowest BCUT2D eigenvalue weighted by Gasteiger charge is -2.14. The van der Waals surface area contributed by atoms with Crippen LogP contribution in [0.25, 0.3) is 0 Å². The summed E-state index contributed by atoms with van der Waals surface area (Å²) >= 11 is 0. The monoisotopic (exact) mass is 412 g/mol. The third-order valence-corrected chi connectivity index (χ3v) is 3.84. The smallest absolute Gasteiger partial charge is 0.325 e. The van der Waals surface area contributed by atoms with Gasteiger partial charge in [0.2, 0.25) is 0 Å². The first kappa shape index (κ1) is 22.4. The minimum atomic E-state index is -0.571. The van der Waals surface area contributed by atoms with E-state index in [9.17, 15) is 19.2 Å². The van der Waals surface area contributed by atoms with Crippen LogP contribution in [0.4, 0.5) is 16.2 Å². The molecule has 2 rings (SSSR count). The number of nitrogens with one attached hydrogen (secondary N) is 4. The molecule has 0 saturated carbocycles. The highest BCUT2D eigenvalue weighted by atomic mass is 16.5. The largest absolute Gasteiger partial charge is 0.468 e. The minimum absolute atomic E-state index is 0.0564. The van der Waals surface area contributed by atoms with Crippen LogP contribution >= 0.6 is 0 Å². The molecule has 0 radical (unpaired) electrons. The first-order valence-electron chi connectivity index (χ1n) is 9.23. The number of methoxy groups -OCH3 is 1. The minimum Gasteiger partial charge on any atom is -0.468 e. The average molecular weight is 412 g/mol. The van der Waals surface area contributed by atoms with E-state index in [0.717, 1.165) is 0 Å². The molecule has 4 N–H and O–H groups in total. The molecule has 4 amide bonds. The average Bonchev–Trinajstić information content (AvgIpc) is 2.71. The van der Waals surface area contributed by atoms with Gasteiger partial charge in [0, 0.05) is 17.3 Å². The molecule has 0 bridgehead atoms. The van der Waals surface area contributed by atoms with Crippen LogP contribution in [0, 0.1) is 0 Å². The van der Waals surface area contributed by atoms with Crippen molar-refractivity contribution < 1.29 is 23.9 Å². The van der Waals surface area contributed by atoms with Gasteiger partial charge in [0.25, 0.3) is 11.8 Å². The molecule has 30 heavy (non-hydrogen) atoms. The fourth-order valence-electron chi connectivity index (χ4n) is 2.47. The maximum absolute atomic E-state index is 12.7. The number of esters is 1. The van der Waals surface area contributed by atoms with Crippen LogP contribution in [-0.4, -0.2) is 43.5 Å². The second-order valence-corrected chi connectivity index (χ2v) is 6.59. The number of hydrogen-bond acceptors (Lipinski definition) is 5. The molecule has 0 aromatic heterocycles. The zero-order chi connectivity index (χ0) is 22.1. The molecule has 0 aliphatic heterocycles. The van der Waals surface area contributed by atoms with E-state index in [4.69, 9.17) is 0 Å². The van der Waals surface area contributed by atoms with Crippen molar-refractivity contribution in [3.8, 4) is 0 Å². The number of ether oxygens (including phenoxy) is 1. The highest BCUT2D eigenvalue weighted by Gasteiger charge is 2.15. The van der Waals surface area contributed by atoms with Gasteiger partial charge in [-0.05, 0) is 44.2 Å². The van der Waals surface area contributed by atoms with Crippen LogP contribution in [0.2, 0.25) is 0 Å². The Kier molecular flexibility index (Phi) is 7.92. The van der Waals surface area contributed by atoms with Crippen molar-refractivity contribution in [2.45, 2.75) is 19.9 Å². The SMILES string of the molecule is COC(=O)CNC(=O)c1cccc(NC(=O)c2ccccc2NC(=O)NC(C)C)c1. The van der Waals surface area contributed by atoms with Gasteiger partial charge >= 0.3 is 12.0 Å². The summed E-state index contributed by atoms with van der Waals surface area (Å²) in [6, 6.07) is 12.3. The van der Waals surface area contributed by atoms with Crippen LogP contribution in [0.15, 0.2) is 48.5 Å². The molecule has 0 aliphatic rings. The predicted molar refractivity (Wildman–Crippen MR) is 112 cm³/mol. The van der Waals surface area contributed by atoms with Crippen molar-refractivity contribution in [3.05, 3.63) is 59.7 Å². The Hall–Kier alpha value is -3.88. The number of para-hydroxylation sites is 1. The van der Waals surface area contributed by atoms with Gasteiger partial charge in [0.05, 0.1) is 18.4 Å². The van der Waals surface area contributed by atoms with Crippen molar-refractivity contribution in [1.29, 1.82) is 0 Å². The molecule has 158 valence electrons. The van der Waals surface area contributed by atoms with Gasteiger partial charge in [-0.1, -0.05) is 18.2 Å². The van der Waals surface area contributed by atoms with Crippen molar-refractivity contribution >= 4 is 35.2 Å². The highest BCUT2D eigenvalue weighted by Crippen LogP contribution is 2.18. The normalized spacial score (nSPS) is 10.1. The Bertz CT molecular complexity index is 942. The number of amides is 4. The van der Waals surface area contributed by atoms with Crippen LogP contribution < -0.4 is 21.3 Å². The second-order valence-electron chi connectivity index (χ2n) is 6.59. The van der Waals surface area contributed by atoms with Crippen molar-refractivity contribution in [3.63, 3.8) is 0 Å². The third kappa shape index (κ3) is 6.62. The number of benzene rings is 2. The first-order valence-corrected chi connectivity index (χ1v) is 9.23. The van der Waals surface area contributed by atoms with Gasteiger partial charge < -0.3 is 26.0 Å². The predicted octanol–water partition coefficient (Wildman–Crippen LogP) is 2.37. The van der Waals surface area contributed by atoms with E-state index in [0.29, 0.717) is 11.4 Å². The van der Waals surface area contributed by atoms with Crippen LogP contribution in [0.3, 0.4) is 0 Å². The van der Waals surface area contributed by atoms with Gasteiger partial charge in [-0.25, -0.2) is 4.79 Å². The molecule has 0 heterocycles. The zero-order valence-electron chi connectivity index (χ0n) is 16.9. The van der Waals surface area contributed by atoms with Crippen molar-refractivity contribution in [1.82, 2.24) is 10.6 Å². The fourth-order valence-corrected chi connectivity index (χ4v) is 2.47. The molecule has 0 aliphatic carbocycles. The molecule has 9 heteroatoms. The topological polar surface area (TPSA) is 126 Å². The van der Waals surface area contributed by atoms with Crippen molar-refractivity contribution in [2.24, 2.45) is 0 Å². The van der Waals surface area contributed by atoms with Crippen molar-refractivity contribution in [2.75, 3.05) is 24.3 Å². The zero-order valence-corrected chi connectivity index (χ0v) is 16.9. The van der Waals surface area contributed by atoms with E-state index in [1.54, 1.807) is 42.5 Å². The molecular weight excluding hydrogens is 388 g/mol. The van der Waals surface area contributed by atoms with E-state index in [2.05, 4.69) is 26.0 Å². The number of carbonyl (C=O) groups excluding carboxylic acids is 4. The molecule has 0 saturated heterocycles. The molecule has 2 aromatic carbocycles. The molecular formula is C21H24N4O5. The summed E-state index contributed by atoms with van der Waals surface area (Å²) in [7, 11) is 1.23. The van der Waals surface area contributed by atoms with E-state index in [1.165, 1.54) is 13.2 Å². The third-order valence-electron chi connectivity index (χ3n) is 3.84. The van der Waals surface area contributed by atoms with E-state index in [1.807, 2.05) is 13.8 Å². The Labute approximate surface area is 174 Å². The summed E-state index contributed by atoms with van der Waals surface area (Å²) in [5.74, 6) is -1.51. The Morgan fingerprint density at radius 2 is 1.67 bits per heavy atom. The molecule has 0 spiro atoms. The van der Waals surface area contributed by atoms with Gasteiger partial charge in [0.1, 0.15) is 6.54 Å². The molecule has 0 unspecified atom stereocenters. The molecule has 9 nitrogen and oxygen atoms in total. The lowest BCUT2D eigenvalue weighted by Crippen LogP contribution is -2.34. The number of anilines is 2. The Morgan fingerprint density at radius 1 is 0.933 bits per heavy atom. The van der Waals surface area contributed by atoms with E-state index in [-0.39, 0.29) is 23.7 Å². The standard InChI is InChI=1S/C21H24N4O5/c1-13(2)23-21(29)25-17-10-5-4-9-16(17)20(28)24-15-8-6-7-14(11-15)19(27)22-12-18(26)30-3/h4-11,13H,12H2,1-3H3,(H,22,27)(H,24,28)(H2,23,25,29). The summed E-state index contributed by atoms with van der Waals surface area (Å²) in [6.07, 6.45) is 0. The summed E-state index contributed by atoms with van der Waals surface area (Å²) in [6.45, 7) is 3.39. The Balaban J connectivity index is 2.11. The fraction of sp³-hybridized carbons (Fsp3) is 0.238. The summed E-state index contributed by atoms with van der Waals surface area (Å²) in [5.41, 5.74) is 1.25. The van der Waals surface area contributed by atoms with Crippen LogP contribution in [0.1, 0.15) is 34.6 Å². The maximum atomic E-state index is 12.7. The number of hydrogen-bond donors (Lipinski definition) is 4. The summed E-state index contributed by atoms with van der Waals surface area (Å²) in [4.78, 5) is 48.0. The van der Waals surface area contributed by atoms with Gasteiger partial charge in [-0.15, -0.1) is 0 Å². The van der Waals surface area contributed by atoms with E-state index < -0.39 is 23.8 Å². The molecule has 0 fully saturated rings. The first-order chi connectivity index (χ1) is 14.3.